The molecule has 1 amide bonds. The van der Waals surface area contributed by atoms with Gasteiger partial charge in [-0.15, -0.1) is 0 Å². The van der Waals surface area contributed by atoms with Gasteiger partial charge in [-0.2, -0.15) is 0 Å². The predicted molar refractivity (Wildman–Crippen MR) is 78.5 cm³/mol. The number of hydrogen-bond acceptors (Lipinski definition) is 6. The minimum absolute atomic E-state index is 0.0198. The van der Waals surface area contributed by atoms with E-state index in [2.05, 4.69) is 5.32 Å². The van der Waals surface area contributed by atoms with Crippen LogP contribution in [0.4, 0.5) is 4.79 Å². The first-order valence-electron chi connectivity index (χ1n) is 7.24. The van der Waals surface area contributed by atoms with Gasteiger partial charge in [-0.3, -0.25) is 4.79 Å². The van der Waals surface area contributed by atoms with Crippen LogP contribution in [-0.2, 0) is 19.0 Å². The monoisotopic (exact) mass is 321 g/mol. The molecule has 0 aromatic heterocycles. The maximum Gasteiger partial charge on any atom is 0.407 e. The molecule has 0 fully saturated rings. The summed E-state index contributed by atoms with van der Waals surface area (Å²) in [6.07, 6.45) is -1.57. The molecule has 0 heterocycles. The number of aliphatic carboxylic acids is 1. The van der Waals surface area contributed by atoms with Crippen molar-refractivity contribution in [1.82, 2.24) is 5.32 Å². The summed E-state index contributed by atoms with van der Waals surface area (Å²) in [5.41, 5.74) is -0.512. The summed E-state index contributed by atoms with van der Waals surface area (Å²) in [4.78, 5) is 21.8. The maximum absolute atomic E-state index is 11.4. The number of aliphatic hydroxyl groups excluding tert-OH is 1. The van der Waals surface area contributed by atoms with Crippen LogP contribution in [0, 0.1) is 0 Å². The molecule has 0 aromatic carbocycles. The van der Waals surface area contributed by atoms with E-state index in [9.17, 15) is 9.59 Å². The number of aliphatic hydroxyl groups is 1. The molecule has 0 aromatic rings. The molecule has 2 atom stereocenters. The van der Waals surface area contributed by atoms with Crippen molar-refractivity contribution in [2.24, 2.45) is 0 Å². The van der Waals surface area contributed by atoms with E-state index in [1.807, 2.05) is 27.7 Å². The third kappa shape index (κ3) is 11.3. The van der Waals surface area contributed by atoms with Crippen molar-refractivity contribution in [2.75, 3.05) is 19.8 Å². The molecule has 0 saturated heterocycles. The fraction of sp³-hybridized carbons (Fsp3) is 0.857. The Kier molecular flexibility index (Phi) is 9.71. The SMILES string of the molecule is CCC(CO)OC(COC(=O)NCCC(=O)O)OC(C)(C)C. The quantitative estimate of drug-likeness (QED) is 0.516. The largest absolute Gasteiger partial charge is 0.481 e. The molecule has 8 nitrogen and oxygen atoms in total. The van der Waals surface area contributed by atoms with Gasteiger partial charge in [-0.05, 0) is 27.2 Å². The standard InChI is InChI=1S/C14H27NO7/c1-5-10(8-16)21-12(22-14(2,3)4)9-20-13(19)15-7-6-11(17)18/h10,12,16H,5-9H2,1-4H3,(H,15,19)(H,17,18). The molecule has 0 rings (SSSR count). The lowest BCUT2D eigenvalue weighted by Gasteiger charge is -2.29. The highest BCUT2D eigenvalue weighted by Crippen LogP contribution is 2.14. The van der Waals surface area contributed by atoms with Crippen molar-refractivity contribution in [3.05, 3.63) is 0 Å². The Morgan fingerprint density at radius 2 is 1.91 bits per heavy atom. The number of hydrogen-bond donors (Lipinski definition) is 3. The lowest BCUT2D eigenvalue weighted by Crippen LogP contribution is -2.38. The molecule has 0 aliphatic rings. The van der Waals surface area contributed by atoms with Gasteiger partial charge in [0.05, 0.1) is 24.7 Å². The fourth-order valence-corrected chi connectivity index (χ4v) is 1.44. The smallest absolute Gasteiger partial charge is 0.407 e. The lowest BCUT2D eigenvalue weighted by molar-refractivity contribution is -0.233. The van der Waals surface area contributed by atoms with Crippen molar-refractivity contribution < 1.29 is 34.0 Å². The van der Waals surface area contributed by atoms with Crippen LogP contribution in [0.3, 0.4) is 0 Å². The molecule has 2 unspecified atom stereocenters. The minimum Gasteiger partial charge on any atom is -0.481 e. The van der Waals surface area contributed by atoms with Gasteiger partial charge >= 0.3 is 12.1 Å². The number of ether oxygens (including phenoxy) is 3. The van der Waals surface area contributed by atoms with Gasteiger partial charge in [0, 0.05) is 6.54 Å². The first-order chi connectivity index (χ1) is 10.2. The van der Waals surface area contributed by atoms with Crippen molar-refractivity contribution in [3.63, 3.8) is 0 Å². The van der Waals surface area contributed by atoms with E-state index in [1.54, 1.807) is 0 Å². The number of carboxylic acid groups (broad SMARTS) is 1. The first-order valence-corrected chi connectivity index (χ1v) is 7.24. The Labute approximate surface area is 130 Å². The summed E-state index contributed by atoms with van der Waals surface area (Å²) in [6, 6.07) is 0. The molecule has 8 heteroatoms. The Hall–Kier alpha value is -1.38. The van der Waals surface area contributed by atoms with Gasteiger partial charge in [-0.25, -0.2) is 4.79 Å². The summed E-state index contributed by atoms with van der Waals surface area (Å²) < 4.78 is 16.1. The summed E-state index contributed by atoms with van der Waals surface area (Å²) in [6.45, 7) is 7.00. The van der Waals surface area contributed by atoms with E-state index in [4.69, 9.17) is 24.4 Å². The normalized spacial score (nSPS) is 14.2. The first kappa shape index (κ1) is 20.6. The average Bonchev–Trinajstić information content (AvgIpc) is 2.39. The molecule has 22 heavy (non-hydrogen) atoms. The van der Waals surface area contributed by atoms with Gasteiger partial charge in [0.15, 0.2) is 6.29 Å². The summed E-state index contributed by atoms with van der Waals surface area (Å²) in [7, 11) is 0. The zero-order valence-electron chi connectivity index (χ0n) is 13.6. The van der Waals surface area contributed by atoms with Gasteiger partial charge in [-0.1, -0.05) is 6.92 Å². The third-order valence-corrected chi connectivity index (χ3v) is 2.45. The van der Waals surface area contributed by atoms with Gasteiger partial charge < -0.3 is 29.7 Å². The number of alkyl carbamates (subject to hydrolysis) is 1. The van der Waals surface area contributed by atoms with Crippen molar-refractivity contribution in [2.45, 2.75) is 58.5 Å². The summed E-state index contributed by atoms with van der Waals surface area (Å²) in [5.74, 6) is -1.01. The van der Waals surface area contributed by atoms with Crippen LogP contribution in [0.2, 0.25) is 0 Å². The van der Waals surface area contributed by atoms with Crippen molar-refractivity contribution >= 4 is 12.1 Å². The van der Waals surface area contributed by atoms with E-state index < -0.39 is 30.1 Å². The Balaban J connectivity index is 4.32. The van der Waals surface area contributed by atoms with Gasteiger partial charge in [0.25, 0.3) is 0 Å². The zero-order valence-corrected chi connectivity index (χ0v) is 13.6. The highest BCUT2D eigenvalue weighted by molar-refractivity contribution is 5.70. The number of carbonyl (C=O) groups excluding carboxylic acids is 1. The van der Waals surface area contributed by atoms with E-state index in [1.165, 1.54) is 0 Å². The van der Waals surface area contributed by atoms with E-state index in [0.717, 1.165) is 0 Å². The van der Waals surface area contributed by atoms with Gasteiger partial charge in [0.1, 0.15) is 6.61 Å². The topological polar surface area (TPSA) is 114 Å². The van der Waals surface area contributed by atoms with Gasteiger partial charge in [0.2, 0.25) is 0 Å². The molecule has 0 radical (unpaired) electrons. The third-order valence-electron chi connectivity index (χ3n) is 2.45. The Morgan fingerprint density at radius 3 is 2.36 bits per heavy atom. The molecule has 3 N–H and O–H groups in total. The van der Waals surface area contributed by atoms with Crippen molar-refractivity contribution in [1.29, 1.82) is 0 Å². The van der Waals surface area contributed by atoms with E-state index >= 15 is 0 Å². The molecule has 0 spiro atoms. The Bertz CT molecular complexity index is 337. The Morgan fingerprint density at radius 1 is 1.27 bits per heavy atom. The van der Waals surface area contributed by atoms with Crippen LogP contribution in [0.25, 0.3) is 0 Å². The van der Waals surface area contributed by atoms with Crippen LogP contribution < -0.4 is 5.32 Å². The van der Waals surface area contributed by atoms with Crippen LogP contribution in [0.5, 0.6) is 0 Å². The number of carbonyl (C=O) groups is 2. The molecule has 0 aliphatic carbocycles. The fourth-order valence-electron chi connectivity index (χ4n) is 1.44. The molecule has 130 valence electrons. The van der Waals surface area contributed by atoms with Crippen LogP contribution >= 0.6 is 0 Å². The maximum atomic E-state index is 11.4. The highest BCUT2D eigenvalue weighted by atomic mass is 16.7. The van der Waals surface area contributed by atoms with Crippen LogP contribution in [0.1, 0.15) is 40.5 Å². The summed E-state index contributed by atoms with van der Waals surface area (Å²) in [5, 5.41) is 19.9. The molecular formula is C14H27NO7. The molecule has 0 saturated carbocycles. The predicted octanol–water partition coefficient (Wildman–Crippen LogP) is 1.12. The number of amides is 1. The molecular weight excluding hydrogens is 294 g/mol. The number of rotatable bonds is 10. The molecule has 0 aliphatic heterocycles. The van der Waals surface area contributed by atoms with E-state index in [-0.39, 0.29) is 26.2 Å². The molecule has 0 bridgehead atoms. The second-order valence-electron chi connectivity index (χ2n) is 5.68. The number of carboxylic acids is 1. The highest BCUT2D eigenvalue weighted by Gasteiger charge is 2.23. The van der Waals surface area contributed by atoms with Crippen LogP contribution in [0.15, 0.2) is 0 Å². The zero-order chi connectivity index (χ0) is 17.2. The minimum atomic E-state index is -1.01. The van der Waals surface area contributed by atoms with Crippen LogP contribution in [-0.4, -0.2) is 60.0 Å². The van der Waals surface area contributed by atoms with E-state index in [0.29, 0.717) is 6.42 Å². The second kappa shape index (κ2) is 10.4. The lowest BCUT2D eigenvalue weighted by atomic mass is 10.2. The second-order valence-corrected chi connectivity index (χ2v) is 5.68. The van der Waals surface area contributed by atoms with Crippen molar-refractivity contribution in [3.8, 4) is 0 Å². The average molecular weight is 321 g/mol. The number of nitrogens with one attached hydrogen (secondary N) is 1. The summed E-state index contributed by atoms with van der Waals surface area (Å²) >= 11 is 0.